The lowest BCUT2D eigenvalue weighted by atomic mass is 10.2. The molecule has 21 heavy (non-hydrogen) atoms. The third-order valence-electron chi connectivity index (χ3n) is 3.41. The maximum absolute atomic E-state index is 12.8. The zero-order valence-electron chi connectivity index (χ0n) is 11.8. The molecule has 4 nitrogen and oxygen atoms in total. The summed E-state index contributed by atoms with van der Waals surface area (Å²) in [5, 5.41) is 3.33. The average molecular weight is 288 g/mol. The van der Waals surface area contributed by atoms with Crippen LogP contribution in [0.25, 0.3) is 0 Å². The van der Waals surface area contributed by atoms with E-state index in [0.717, 1.165) is 17.2 Å². The first-order valence-corrected chi connectivity index (χ1v) is 6.95. The summed E-state index contributed by atoms with van der Waals surface area (Å²) in [6.45, 7) is 3.13. The number of hydrogen-bond donors (Lipinski definition) is 1. The topological polar surface area (TPSA) is 43.4 Å². The first-order chi connectivity index (χ1) is 10.2. The standard InChI is InChI=1S/C16H17FN2O2/c1-11(14-7-6-12(17)8-19-14)18-9-13-10-20-15-4-2-3-5-16(15)21-13/h2-8,11,13,18H,9-10H2,1H3/t11-,13+/m1/s1. The molecule has 0 unspecified atom stereocenters. The predicted octanol–water partition coefficient (Wildman–Crippen LogP) is 2.71. The Hall–Kier alpha value is -2.14. The van der Waals surface area contributed by atoms with E-state index in [0.29, 0.717) is 13.2 Å². The zero-order valence-corrected chi connectivity index (χ0v) is 11.8. The van der Waals surface area contributed by atoms with Crippen LogP contribution in [0.3, 0.4) is 0 Å². The van der Waals surface area contributed by atoms with Crippen LogP contribution >= 0.6 is 0 Å². The smallest absolute Gasteiger partial charge is 0.161 e. The van der Waals surface area contributed by atoms with Crippen LogP contribution in [0.5, 0.6) is 11.5 Å². The van der Waals surface area contributed by atoms with E-state index in [9.17, 15) is 4.39 Å². The van der Waals surface area contributed by atoms with Crippen molar-refractivity contribution in [3.05, 3.63) is 54.1 Å². The van der Waals surface area contributed by atoms with Crippen molar-refractivity contribution in [1.82, 2.24) is 10.3 Å². The molecule has 0 fully saturated rings. The third-order valence-corrected chi connectivity index (χ3v) is 3.41. The number of ether oxygens (including phenoxy) is 2. The number of nitrogens with one attached hydrogen (secondary N) is 1. The minimum absolute atomic E-state index is 0.0198. The van der Waals surface area contributed by atoms with Crippen LogP contribution in [0.1, 0.15) is 18.7 Å². The summed E-state index contributed by atoms with van der Waals surface area (Å²) in [7, 11) is 0. The molecule has 1 N–H and O–H groups in total. The molecule has 1 aromatic heterocycles. The number of fused-ring (bicyclic) bond motifs is 1. The van der Waals surface area contributed by atoms with E-state index in [1.807, 2.05) is 31.2 Å². The van der Waals surface area contributed by atoms with Crippen molar-refractivity contribution >= 4 is 0 Å². The SMILES string of the molecule is C[C@@H](NC[C@H]1COc2ccccc2O1)c1ccc(F)cn1. The molecule has 2 heterocycles. The molecule has 110 valence electrons. The summed E-state index contributed by atoms with van der Waals surface area (Å²) in [5.74, 6) is 1.22. The number of benzene rings is 1. The highest BCUT2D eigenvalue weighted by Gasteiger charge is 2.21. The van der Waals surface area contributed by atoms with Crippen molar-refractivity contribution in [2.45, 2.75) is 19.1 Å². The van der Waals surface area contributed by atoms with Gasteiger partial charge in [0.05, 0.1) is 11.9 Å². The van der Waals surface area contributed by atoms with Crippen LogP contribution in [0.2, 0.25) is 0 Å². The number of aromatic nitrogens is 1. The molecular formula is C16H17FN2O2. The minimum Gasteiger partial charge on any atom is -0.486 e. The van der Waals surface area contributed by atoms with Gasteiger partial charge in [0.25, 0.3) is 0 Å². The number of para-hydroxylation sites is 2. The highest BCUT2D eigenvalue weighted by atomic mass is 19.1. The molecule has 1 aromatic carbocycles. The fourth-order valence-electron chi connectivity index (χ4n) is 2.22. The van der Waals surface area contributed by atoms with Gasteiger partial charge in [0.15, 0.2) is 11.5 Å². The zero-order chi connectivity index (χ0) is 14.7. The van der Waals surface area contributed by atoms with Gasteiger partial charge >= 0.3 is 0 Å². The summed E-state index contributed by atoms with van der Waals surface area (Å²) in [4.78, 5) is 4.07. The molecule has 0 saturated heterocycles. The Balaban J connectivity index is 1.55. The molecule has 0 saturated carbocycles. The first kappa shape index (κ1) is 13.8. The second-order valence-corrected chi connectivity index (χ2v) is 5.03. The molecule has 0 radical (unpaired) electrons. The van der Waals surface area contributed by atoms with E-state index in [-0.39, 0.29) is 18.0 Å². The molecule has 0 aliphatic carbocycles. The fraction of sp³-hybridized carbons (Fsp3) is 0.312. The summed E-state index contributed by atoms with van der Waals surface area (Å²) < 4.78 is 24.4. The van der Waals surface area contributed by atoms with E-state index in [2.05, 4.69) is 10.3 Å². The van der Waals surface area contributed by atoms with Gasteiger partial charge in [0.1, 0.15) is 18.5 Å². The van der Waals surface area contributed by atoms with E-state index >= 15 is 0 Å². The number of pyridine rings is 1. The molecule has 3 rings (SSSR count). The first-order valence-electron chi connectivity index (χ1n) is 6.95. The Bertz CT molecular complexity index is 603. The number of rotatable bonds is 4. The van der Waals surface area contributed by atoms with Crippen molar-refractivity contribution < 1.29 is 13.9 Å². The van der Waals surface area contributed by atoms with Crippen molar-refractivity contribution in [3.8, 4) is 11.5 Å². The van der Waals surface area contributed by atoms with Crippen molar-refractivity contribution in [3.63, 3.8) is 0 Å². The van der Waals surface area contributed by atoms with Gasteiger partial charge in [0, 0.05) is 12.6 Å². The van der Waals surface area contributed by atoms with E-state index < -0.39 is 0 Å². The molecule has 0 bridgehead atoms. The lowest BCUT2D eigenvalue weighted by Gasteiger charge is -2.27. The highest BCUT2D eigenvalue weighted by molar-refractivity contribution is 5.40. The van der Waals surface area contributed by atoms with Crippen LogP contribution in [0, 0.1) is 5.82 Å². The van der Waals surface area contributed by atoms with Crippen molar-refractivity contribution in [2.75, 3.05) is 13.2 Å². The Kier molecular flexibility index (Phi) is 4.01. The van der Waals surface area contributed by atoms with Crippen LogP contribution < -0.4 is 14.8 Å². The number of nitrogens with zero attached hydrogens (tertiary/aromatic N) is 1. The molecule has 5 heteroatoms. The second-order valence-electron chi connectivity index (χ2n) is 5.03. The van der Waals surface area contributed by atoms with E-state index in [1.54, 1.807) is 6.07 Å². The average Bonchev–Trinajstić information content (AvgIpc) is 2.53. The molecule has 2 aromatic rings. The van der Waals surface area contributed by atoms with Crippen LogP contribution in [-0.4, -0.2) is 24.2 Å². The van der Waals surface area contributed by atoms with Gasteiger partial charge in [-0.2, -0.15) is 0 Å². The van der Waals surface area contributed by atoms with Gasteiger partial charge in [-0.25, -0.2) is 4.39 Å². The molecule has 0 spiro atoms. The number of halogens is 1. The predicted molar refractivity (Wildman–Crippen MR) is 77.0 cm³/mol. The van der Waals surface area contributed by atoms with Crippen LogP contribution in [0.4, 0.5) is 4.39 Å². The second kappa shape index (κ2) is 6.10. The van der Waals surface area contributed by atoms with Crippen LogP contribution in [-0.2, 0) is 0 Å². The Morgan fingerprint density at radius 3 is 2.86 bits per heavy atom. The van der Waals surface area contributed by atoms with Gasteiger partial charge in [-0.1, -0.05) is 12.1 Å². The maximum Gasteiger partial charge on any atom is 0.161 e. The molecule has 1 aliphatic heterocycles. The number of hydrogen-bond acceptors (Lipinski definition) is 4. The summed E-state index contributed by atoms with van der Waals surface area (Å²) in [6, 6.07) is 10.7. The largest absolute Gasteiger partial charge is 0.486 e. The Morgan fingerprint density at radius 2 is 2.10 bits per heavy atom. The Morgan fingerprint density at radius 1 is 1.29 bits per heavy atom. The van der Waals surface area contributed by atoms with E-state index in [1.165, 1.54) is 12.3 Å². The fourth-order valence-corrected chi connectivity index (χ4v) is 2.22. The van der Waals surface area contributed by atoms with Gasteiger partial charge in [0.2, 0.25) is 0 Å². The highest BCUT2D eigenvalue weighted by Crippen LogP contribution is 2.30. The summed E-state index contributed by atoms with van der Waals surface area (Å²) >= 11 is 0. The van der Waals surface area contributed by atoms with Crippen molar-refractivity contribution in [2.24, 2.45) is 0 Å². The quantitative estimate of drug-likeness (QED) is 0.939. The Labute approximate surface area is 122 Å². The normalized spacial score (nSPS) is 18.3. The summed E-state index contributed by atoms with van der Waals surface area (Å²) in [6.07, 6.45) is 1.17. The monoisotopic (exact) mass is 288 g/mol. The lowest BCUT2D eigenvalue weighted by Crippen LogP contribution is -2.39. The van der Waals surface area contributed by atoms with Gasteiger partial charge < -0.3 is 14.8 Å². The third kappa shape index (κ3) is 3.31. The van der Waals surface area contributed by atoms with Gasteiger partial charge in [-0.15, -0.1) is 0 Å². The minimum atomic E-state index is -0.327. The van der Waals surface area contributed by atoms with Crippen LogP contribution in [0.15, 0.2) is 42.6 Å². The molecule has 1 aliphatic rings. The lowest BCUT2D eigenvalue weighted by molar-refractivity contribution is 0.0885. The molecular weight excluding hydrogens is 271 g/mol. The van der Waals surface area contributed by atoms with Gasteiger partial charge in [-0.3, -0.25) is 4.98 Å². The van der Waals surface area contributed by atoms with E-state index in [4.69, 9.17) is 9.47 Å². The molecule has 2 atom stereocenters. The van der Waals surface area contributed by atoms with Gasteiger partial charge in [-0.05, 0) is 31.2 Å². The maximum atomic E-state index is 12.8. The van der Waals surface area contributed by atoms with Crippen molar-refractivity contribution in [1.29, 1.82) is 0 Å². The molecule has 0 amide bonds. The summed E-state index contributed by atoms with van der Waals surface area (Å²) in [5.41, 5.74) is 0.800.